The van der Waals surface area contributed by atoms with Gasteiger partial charge in [0.2, 0.25) is 5.91 Å². The Bertz CT molecular complexity index is 1880. The minimum absolute atomic E-state index is 0.00286. The minimum atomic E-state index is -1.39. The number of pyridine rings is 1. The summed E-state index contributed by atoms with van der Waals surface area (Å²) in [7, 11) is 18.2. The zero-order valence-electron chi connectivity index (χ0n) is 27.9. The Balaban J connectivity index is 1.27. The van der Waals surface area contributed by atoms with E-state index < -0.39 is 11.2 Å². The van der Waals surface area contributed by atoms with Crippen LogP contribution >= 0.6 is 0 Å². The molecule has 250 valence electrons. The summed E-state index contributed by atoms with van der Waals surface area (Å²) in [5, 5.41) is 14.6. The summed E-state index contributed by atoms with van der Waals surface area (Å²) in [6.07, 6.45) is 4.97. The summed E-state index contributed by atoms with van der Waals surface area (Å²) in [6, 6.07) is 10.7. The fourth-order valence-electron chi connectivity index (χ4n) is 6.26. The lowest BCUT2D eigenvalue weighted by molar-refractivity contribution is -0.121. The Labute approximate surface area is 287 Å². The van der Waals surface area contributed by atoms with Crippen LogP contribution in [-0.4, -0.2) is 87.3 Å². The molecule has 1 unspecified atom stereocenters. The number of rotatable bonds is 10. The van der Waals surface area contributed by atoms with E-state index in [0.717, 1.165) is 35.3 Å². The molecule has 3 amide bonds. The van der Waals surface area contributed by atoms with E-state index in [0.29, 0.717) is 24.5 Å². The highest BCUT2D eigenvalue weighted by molar-refractivity contribution is 6.39. The Morgan fingerprint density at radius 3 is 2.41 bits per heavy atom. The topological polar surface area (TPSA) is 189 Å². The van der Waals surface area contributed by atoms with E-state index in [1.165, 1.54) is 13.1 Å². The first-order chi connectivity index (χ1) is 23.3. The van der Waals surface area contributed by atoms with E-state index >= 15 is 0 Å². The molecule has 3 aliphatic rings. The molecule has 1 aromatic carbocycles. The van der Waals surface area contributed by atoms with Gasteiger partial charge in [0.1, 0.15) is 17.2 Å². The number of hydrogen-bond donors (Lipinski definition) is 6. The molecule has 14 nitrogen and oxygen atoms in total. The second-order valence-electron chi connectivity index (χ2n) is 12.6. The summed E-state index contributed by atoms with van der Waals surface area (Å²) in [5.41, 5.74) is 17.7. The summed E-state index contributed by atoms with van der Waals surface area (Å²) < 4.78 is 2.03. The molecule has 0 bridgehead atoms. The molecule has 2 aromatic heterocycles. The van der Waals surface area contributed by atoms with Gasteiger partial charge >= 0.3 is 0 Å². The fourth-order valence-corrected chi connectivity index (χ4v) is 6.26. The molecule has 8 N–H and O–H groups in total. The lowest BCUT2D eigenvalue weighted by Gasteiger charge is -2.50. The monoisotopic (exact) mass is 659 g/mol. The first kappa shape index (κ1) is 33.7. The molecule has 1 aliphatic carbocycles. The van der Waals surface area contributed by atoms with Crippen molar-refractivity contribution in [3.63, 3.8) is 0 Å². The number of nitrogens with zero attached hydrogens (tertiary/aromatic N) is 5. The smallest absolute Gasteiger partial charge is 0.269 e. The molecule has 6 rings (SSSR count). The first-order valence-electron chi connectivity index (χ1n) is 16.1. The van der Waals surface area contributed by atoms with Gasteiger partial charge in [-0.3, -0.25) is 19.1 Å². The number of aromatic nitrogens is 3. The van der Waals surface area contributed by atoms with Gasteiger partial charge in [0, 0.05) is 63.0 Å². The van der Waals surface area contributed by atoms with Gasteiger partial charge in [0.25, 0.3) is 11.8 Å². The largest absolute Gasteiger partial charge is 0.393 e. The second-order valence-corrected chi connectivity index (χ2v) is 12.6. The van der Waals surface area contributed by atoms with Crippen LogP contribution in [0, 0.1) is 5.92 Å². The highest BCUT2D eigenvalue weighted by Crippen LogP contribution is 2.49. The Morgan fingerprint density at radius 1 is 1.02 bits per heavy atom. The van der Waals surface area contributed by atoms with Crippen LogP contribution in [0.5, 0.6) is 0 Å². The predicted molar refractivity (Wildman–Crippen MR) is 188 cm³/mol. The van der Waals surface area contributed by atoms with Gasteiger partial charge in [0.05, 0.1) is 56.7 Å². The predicted octanol–water partition coefficient (Wildman–Crippen LogP) is 0.474. The maximum absolute atomic E-state index is 12.6. The highest BCUT2D eigenvalue weighted by Gasteiger charge is 2.42. The van der Waals surface area contributed by atoms with Crippen molar-refractivity contribution < 1.29 is 14.4 Å². The van der Waals surface area contributed by atoms with Gasteiger partial charge in [-0.1, -0.05) is 18.2 Å². The molecule has 2 aliphatic heterocycles. The van der Waals surface area contributed by atoms with Crippen molar-refractivity contribution in [3.05, 3.63) is 83.0 Å². The number of anilines is 2. The van der Waals surface area contributed by atoms with Gasteiger partial charge in [-0.25, -0.2) is 4.98 Å². The van der Waals surface area contributed by atoms with E-state index in [1.54, 1.807) is 25.2 Å². The fraction of sp³-hybridized carbons (Fsp3) is 0.364. The zero-order chi connectivity index (χ0) is 35.2. The van der Waals surface area contributed by atoms with Crippen LogP contribution in [0.25, 0.3) is 11.1 Å². The number of carbonyl (C=O) groups is 3. The van der Waals surface area contributed by atoms with E-state index in [-0.39, 0.29) is 52.7 Å². The number of likely N-dealkylation sites (N-methyl/N-ethyl adjacent to an activating group) is 1. The Morgan fingerprint density at radius 2 is 1.73 bits per heavy atom. The maximum Gasteiger partial charge on any atom is 0.269 e. The molecule has 1 saturated carbocycles. The molecule has 4 heterocycles. The van der Waals surface area contributed by atoms with Gasteiger partial charge in [-0.05, 0) is 43.3 Å². The van der Waals surface area contributed by atoms with Crippen molar-refractivity contribution in [3.8, 4) is 11.1 Å². The number of likely N-dealkylation sites (tertiary alicyclic amines) is 1. The molecule has 1 saturated heterocycles. The number of allylic oxidation sites excluding steroid dienone is 1. The van der Waals surface area contributed by atoms with Crippen molar-refractivity contribution in [2.75, 3.05) is 44.4 Å². The van der Waals surface area contributed by atoms with Crippen LogP contribution in [-0.2, 0) is 14.9 Å². The summed E-state index contributed by atoms with van der Waals surface area (Å²) in [5.74, 6) is -0.954. The third-order valence-corrected chi connectivity index (χ3v) is 9.39. The number of para-hydroxylation sites is 1. The number of benzene rings is 1. The Hall–Kier alpha value is -5.24. The SMILES string of the molecule is [B]C([B])(c1cccc(C(=O)NC)n1)N1CC(n2ncc3c2C(C)N(C)c2c(NC(/C=C(\N)NC(=O)C4CC4)=C(/N)C(=O)NC)cccc2-3)C1. The summed E-state index contributed by atoms with van der Waals surface area (Å²) in [4.78, 5) is 45.5. The Kier molecular flexibility index (Phi) is 8.92. The highest BCUT2D eigenvalue weighted by atomic mass is 16.2. The normalized spacial score (nSPS) is 18.4. The van der Waals surface area contributed by atoms with E-state index in [4.69, 9.17) is 32.3 Å². The molecule has 49 heavy (non-hydrogen) atoms. The molecule has 2 fully saturated rings. The second kappa shape index (κ2) is 13.0. The number of carbonyl (C=O) groups excluding carboxylic acids is 3. The number of hydrogen-bond acceptors (Lipinski definition) is 10. The third kappa shape index (κ3) is 6.23. The van der Waals surface area contributed by atoms with Gasteiger partial charge in [-0.15, -0.1) is 0 Å². The van der Waals surface area contributed by atoms with Crippen LogP contribution in [0.1, 0.15) is 53.7 Å². The van der Waals surface area contributed by atoms with Crippen LogP contribution in [0.3, 0.4) is 0 Å². The van der Waals surface area contributed by atoms with Crippen molar-refractivity contribution in [1.82, 2.24) is 35.6 Å². The average Bonchev–Trinajstić information content (AvgIpc) is 3.84. The average molecular weight is 659 g/mol. The molecule has 4 radical (unpaired) electrons. The van der Waals surface area contributed by atoms with Crippen LogP contribution in [0.4, 0.5) is 11.4 Å². The van der Waals surface area contributed by atoms with Crippen LogP contribution in [0.15, 0.2) is 65.9 Å². The first-order valence-corrected chi connectivity index (χ1v) is 16.1. The molecular formula is C33H39B2N11O3. The third-order valence-electron chi connectivity index (χ3n) is 9.39. The van der Waals surface area contributed by atoms with E-state index in [9.17, 15) is 14.4 Å². The molecule has 1 atom stereocenters. The quantitative estimate of drug-likeness (QED) is 0.102. The van der Waals surface area contributed by atoms with Crippen molar-refractivity contribution in [2.45, 2.75) is 37.2 Å². The maximum atomic E-state index is 12.6. The van der Waals surface area contributed by atoms with E-state index in [2.05, 4.69) is 38.1 Å². The standard InChI is InChI=1S/C33H39B2N11O3/c1-17-28-21(14-40-46(28)19-15-45(16-19)33(34,35)25-10-6-9-23(42-25)31(48)38-2)20-7-5-8-22(29(20)44(17)4)41-24(27(37)32(49)39-3)13-26(36)43-30(47)18-11-12-18/h5-10,13-14,17-19,41H,11-12,15-16,36-37H2,1-4H3,(H,38,48)(H,39,49)(H,43,47)/b26-13+,27-24+. The molecular weight excluding hydrogens is 620 g/mol. The lowest BCUT2D eigenvalue weighted by Crippen LogP contribution is -2.60. The van der Waals surface area contributed by atoms with Gasteiger partial charge < -0.3 is 42.5 Å². The molecule has 0 spiro atoms. The van der Waals surface area contributed by atoms with Gasteiger partial charge in [0.15, 0.2) is 0 Å². The van der Waals surface area contributed by atoms with Crippen molar-refractivity contribution >= 4 is 44.8 Å². The van der Waals surface area contributed by atoms with Crippen molar-refractivity contribution in [2.24, 2.45) is 17.4 Å². The van der Waals surface area contributed by atoms with E-state index in [1.807, 2.05) is 41.0 Å². The summed E-state index contributed by atoms with van der Waals surface area (Å²) in [6.45, 7) is 3.14. The number of nitrogens with two attached hydrogens (primary N) is 2. The molecule has 16 heteroatoms. The molecule has 3 aromatic rings. The zero-order valence-corrected chi connectivity index (χ0v) is 27.9. The number of nitrogens with one attached hydrogen (secondary N) is 4. The minimum Gasteiger partial charge on any atom is -0.393 e. The van der Waals surface area contributed by atoms with Crippen molar-refractivity contribution in [1.29, 1.82) is 0 Å². The van der Waals surface area contributed by atoms with Crippen LogP contribution in [0.2, 0.25) is 0 Å². The number of fused-ring (bicyclic) bond motifs is 3. The lowest BCUT2D eigenvalue weighted by atomic mass is 9.57. The van der Waals surface area contributed by atoms with Gasteiger partial charge in [-0.2, -0.15) is 5.10 Å². The number of amides is 3. The van der Waals surface area contributed by atoms with Crippen LogP contribution < -0.4 is 37.6 Å². The summed E-state index contributed by atoms with van der Waals surface area (Å²) >= 11 is 0.